The minimum Gasteiger partial charge on any atom is -0.469 e. The number of methoxy groups -OCH3 is 1. The number of benzene rings is 1. The van der Waals surface area contributed by atoms with E-state index in [4.69, 9.17) is 4.74 Å². The van der Waals surface area contributed by atoms with E-state index >= 15 is 0 Å². The number of rotatable bonds is 4. The minimum absolute atomic E-state index is 0. The van der Waals surface area contributed by atoms with Crippen LogP contribution in [0.4, 0.5) is 0 Å². The fourth-order valence-corrected chi connectivity index (χ4v) is 2.62. The number of piperidine rings is 1. The SMILES string of the molecule is COC(=O)CC1CCN(Cc2ccc(C)cc2)CC1.Cl. The van der Waals surface area contributed by atoms with Gasteiger partial charge in [0.15, 0.2) is 0 Å². The smallest absolute Gasteiger partial charge is 0.305 e. The highest BCUT2D eigenvalue weighted by atomic mass is 35.5. The van der Waals surface area contributed by atoms with Crippen molar-refractivity contribution in [3.63, 3.8) is 0 Å². The fourth-order valence-electron chi connectivity index (χ4n) is 2.62. The Labute approximate surface area is 127 Å². The molecule has 0 unspecified atom stereocenters. The first-order chi connectivity index (χ1) is 9.17. The number of halogens is 1. The Bertz CT molecular complexity index is 411. The largest absolute Gasteiger partial charge is 0.469 e. The Morgan fingerprint density at radius 3 is 2.40 bits per heavy atom. The molecule has 0 N–H and O–H groups in total. The van der Waals surface area contributed by atoms with E-state index in [2.05, 4.69) is 36.1 Å². The Balaban J connectivity index is 0.00000200. The van der Waals surface area contributed by atoms with Crippen LogP contribution < -0.4 is 0 Å². The molecule has 0 bridgehead atoms. The molecule has 1 aliphatic rings. The van der Waals surface area contributed by atoms with Gasteiger partial charge in [0.05, 0.1) is 7.11 Å². The zero-order valence-corrected chi connectivity index (χ0v) is 13.1. The summed E-state index contributed by atoms with van der Waals surface area (Å²) in [5.74, 6) is 0.429. The van der Waals surface area contributed by atoms with Gasteiger partial charge in [-0.3, -0.25) is 9.69 Å². The zero-order valence-electron chi connectivity index (χ0n) is 12.3. The molecule has 1 saturated heterocycles. The molecule has 0 amide bonds. The van der Waals surface area contributed by atoms with Crippen LogP contribution >= 0.6 is 12.4 Å². The van der Waals surface area contributed by atoms with Crippen molar-refractivity contribution in [3.8, 4) is 0 Å². The van der Waals surface area contributed by atoms with E-state index in [0.29, 0.717) is 12.3 Å². The van der Waals surface area contributed by atoms with Crippen LogP contribution in [0.15, 0.2) is 24.3 Å². The molecule has 0 aliphatic carbocycles. The third-order valence-corrected chi connectivity index (χ3v) is 3.92. The number of carbonyl (C=O) groups is 1. The number of esters is 1. The highest BCUT2D eigenvalue weighted by Crippen LogP contribution is 2.22. The molecule has 0 saturated carbocycles. The summed E-state index contributed by atoms with van der Waals surface area (Å²) >= 11 is 0. The summed E-state index contributed by atoms with van der Waals surface area (Å²) in [6, 6.07) is 8.74. The normalized spacial score (nSPS) is 16.5. The molecule has 20 heavy (non-hydrogen) atoms. The molecular formula is C16H24ClNO2. The van der Waals surface area contributed by atoms with Crippen LogP contribution in [0.2, 0.25) is 0 Å². The van der Waals surface area contributed by atoms with Gasteiger partial charge in [-0.25, -0.2) is 0 Å². The minimum atomic E-state index is -0.0722. The summed E-state index contributed by atoms with van der Waals surface area (Å²) in [7, 11) is 1.47. The van der Waals surface area contributed by atoms with Gasteiger partial charge in [0.1, 0.15) is 0 Å². The second-order valence-electron chi connectivity index (χ2n) is 5.49. The van der Waals surface area contributed by atoms with E-state index in [1.807, 2.05) is 0 Å². The van der Waals surface area contributed by atoms with E-state index in [1.165, 1.54) is 18.2 Å². The maximum atomic E-state index is 11.2. The van der Waals surface area contributed by atoms with Crippen molar-refractivity contribution in [2.75, 3.05) is 20.2 Å². The molecule has 112 valence electrons. The van der Waals surface area contributed by atoms with Crippen LogP contribution in [-0.2, 0) is 16.1 Å². The molecule has 1 fully saturated rings. The lowest BCUT2D eigenvalue weighted by molar-refractivity contribution is -0.142. The average Bonchev–Trinajstić information content (AvgIpc) is 2.43. The van der Waals surface area contributed by atoms with Crippen LogP contribution in [-0.4, -0.2) is 31.1 Å². The summed E-state index contributed by atoms with van der Waals surface area (Å²) in [6.45, 7) is 5.29. The average molecular weight is 298 g/mol. The van der Waals surface area contributed by atoms with Crippen molar-refractivity contribution in [1.82, 2.24) is 4.90 Å². The van der Waals surface area contributed by atoms with E-state index in [0.717, 1.165) is 32.5 Å². The molecule has 4 heteroatoms. The molecule has 1 aliphatic heterocycles. The lowest BCUT2D eigenvalue weighted by atomic mass is 9.93. The van der Waals surface area contributed by atoms with Gasteiger partial charge in [-0.2, -0.15) is 0 Å². The summed E-state index contributed by atoms with van der Waals surface area (Å²) in [5.41, 5.74) is 2.68. The Morgan fingerprint density at radius 2 is 1.85 bits per heavy atom. The monoisotopic (exact) mass is 297 g/mol. The highest BCUT2D eigenvalue weighted by Gasteiger charge is 2.21. The van der Waals surface area contributed by atoms with Crippen LogP contribution in [0.5, 0.6) is 0 Å². The Hall–Kier alpha value is -1.06. The van der Waals surface area contributed by atoms with Gasteiger partial charge in [0, 0.05) is 13.0 Å². The topological polar surface area (TPSA) is 29.5 Å². The second-order valence-corrected chi connectivity index (χ2v) is 5.49. The van der Waals surface area contributed by atoms with Crippen molar-refractivity contribution >= 4 is 18.4 Å². The Kier molecular flexibility index (Phi) is 7.03. The van der Waals surface area contributed by atoms with Crippen LogP contribution in [0, 0.1) is 12.8 Å². The molecule has 2 rings (SSSR count). The van der Waals surface area contributed by atoms with E-state index in [9.17, 15) is 4.79 Å². The first-order valence-corrected chi connectivity index (χ1v) is 7.02. The quantitative estimate of drug-likeness (QED) is 0.799. The molecule has 0 radical (unpaired) electrons. The van der Waals surface area contributed by atoms with Gasteiger partial charge in [-0.05, 0) is 44.3 Å². The summed E-state index contributed by atoms with van der Waals surface area (Å²) < 4.78 is 4.73. The maximum absolute atomic E-state index is 11.2. The lowest BCUT2D eigenvalue weighted by Crippen LogP contribution is -2.34. The maximum Gasteiger partial charge on any atom is 0.305 e. The molecule has 3 nitrogen and oxygen atoms in total. The van der Waals surface area contributed by atoms with Crippen molar-refractivity contribution in [2.45, 2.75) is 32.7 Å². The van der Waals surface area contributed by atoms with Gasteiger partial charge in [-0.15, -0.1) is 12.4 Å². The van der Waals surface area contributed by atoms with E-state index < -0.39 is 0 Å². The molecule has 1 aromatic rings. The molecule has 0 spiro atoms. The number of nitrogens with zero attached hydrogens (tertiary/aromatic N) is 1. The molecule has 1 heterocycles. The van der Waals surface area contributed by atoms with Gasteiger partial charge < -0.3 is 4.74 Å². The van der Waals surface area contributed by atoms with Gasteiger partial charge in [0.25, 0.3) is 0 Å². The molecule has 0 aromatic heterocycles. The number of hydrogen-bond donors (Lipinski definition) is 0. The predicted octanol–water partition coefficient (Wildman–Crippen LogP) is 3.19. The first kappa shape index (κ1) is 17.0. The molecular weight excluding hydrogens is 274 g/mol. The third kappa shape index (κ3) is 5.14. The van der Waals surface area contributed by atoms with Gasteiger partial charge in [0.2, 0.25) is 0 Å². The second kappa shape index (κ2) is 8.28. The molecule has 1 aromatic carbocycles. The van der Waals surface area contributed by atoms with Crippen molar-refractivity contribution in [3.05, 3.63) is 35.4 Å². The van der Waals surface area contributed by atoms with Crippen LogP contribution in [0.25, 0.3) is 0 Å². The Morgan fingerprint density at radius 1 is 1.25 bits per heavy atom. The van der Waals surface area contributed by atoms with Crippen molar-refractivity contribution in [2.24, 2.45) is 5.92 Å². The standard InChI is InChI=1S/C16H23NO2.ClH/c1-13-3-5-15(6-4-13)12-17-9-7-14(8-10-17)11-16(18)19-2;/h3-6,14H,7-12H2,1-2H3;1H. The lowest BCUT2D eigenvalue weighted by Gasteiger charge is -2.31. The van der Waals surface area contributed by atoms with Crippen molar-refractivity contribution in [1.29, 1.82) is 0 Å². The van der Waals surface area contributed by atoms with Crippen LogP contribution in [0.3, 0.4) is 0 Å². The first-order valence-electron chi connectivity index (χ1n) is 7.02. The third-order valence-electron chi connectivity index (χ3n) is 3.92. The summed E-state index contributed by atoms with van der Waals surface area (Å²) in [6.07, 6.45) is 2.77. The van der Waals surface area contributed by atoms with Gasteiger partial charge in [-0.1, -0.05) is 29.8 Å². The van der Waals surface area contributed by atoms with Crippen molar-refractivity contribution < 1.29 is 9.53 Å². The van der Waals surface area contributed by atoms with Crippen LogP contribution in [0.1, 0.15) is 30.4 Å². The fraction of sp³-hybridized carbons (Fsp3) is 0.562. The predicted molar refractivity (Wildman–Crippen MR) is 83.1 cm³/mol. The number of aryl methyl sites for hydroxylation is 1. The number of ether oxygens (including phenoxy) is 1. The highest BCUT2D eigenvalue weighted by molar-refractivity contribution is 5.85. The number of hydrogen-bond acceptors (Lipinski definition) is 3. The summed E-state index contributed by atoms with van der Waals surface area (Å²) in [5, 5.41) is 0. The summed E-state index contributed by atoms with van der Waals surface area (Å²) in [4.78, 5) is 13.7. The molecule has 0 atom stereocenters. The van der Waals surface area contributed by atoms with Gasteiger partial charge >= 0.3 is 5.97 Å². The van der Waals surface area contributed by atoms with E-state index in [-0.39, 0.29) is 18.4 Å². The number of likely N-dealkylation sites (tertiary alicyclic amines) is 1. The van der Waals surface area contributed by atoms with E-state index in [1.54, 1.807) is 0 Å². The number of carbonyl (C=O) groups excluding carboxylic acids is 1. The zero-order chi connectivity index (χ0) is 13.7.